The van der Waals surface area contributed by atoms with Crippen LogP contribution in [0.1, 0.15) is 41.4 Å². The largest absolute Gasteiger partial charge is 0.496 e. The fraction of sp³-hybridized carbons (Fsp3) is 0.261. The molecule has 0 radical (unpaired) electrons. The predicted octanol–water partition coefficient (Wildman–Crippen LogP) is 3.90. The first-order valence-corrected chi connectivity index (χ1v) is 9.71. The number of amides is 1. The molecule has 6 nitrogen and oxygen atoms in total. The molecule has 0 bridgehead atoms. The van der Waals surface area contributed by atoms with Gasteiger partial charge in [0.15, 0.2) is 0 Å². The van der Waals surface area contributed by atoms with Crippen molar-refractivity contribution in [2.45, 2.75) is 32.7 Å². The summed E-state index contributed by atoms with van der Waals surface area (Å²) in [4.78, 5) is 24.6. The number of nitrogens with zero attached hydrogens (tertiary/aromatic N) is 2. The molecule has 1 heterocycles. The zero-order chi connectivity index (χ0) is 20.6. The van der Waals surface area contributed by atoms with E-state index in [9.17, 15) is 9.59 Å². The molecule has 0 aliphatic carbocycles. The second kappa shape index (κ2) is 9.68. The lowest BCUT2D eigenvalue weighted by Gasteiger charge is -2.12. The number of carbonyl (C=O) groups is 1. The maximum atomic E-state index is 12.7. The molecule has 0 aliphatic rings. The van der Waals surface area contributed by atoms with Gasteiger partial charge in [0.1, 0.15) is 11.4 Å². The maximum Gasteiger partial charge on any atom is 0.276 e. The summed E-state index contributed by atoms with van der Waals surface area (Å²) in [6, 6.07) is 18.4. The van der Waals surface area contributed by atoms with Gasteiger partial charge in [-0.3, -0.25) is 9.59 Å². The van der Waals surface area contributed by atoms with Gasteiger partial charge in [-0.2, -0.15) is 5.10 Å². The monoisotopic (exact) mass is 391 g/mol. The third kappa shape index (κ3) is 5.31. The Balaban J connectivity index is 1.80. The molecule has 0 fully saturated rings. The van der Waals surface area contributed by atoms with E-state index in [1.807, 2.05) is 49.4 Å². The van der Waals surface area contributed by atoms with E-state index in [1.165, 1.54) is 16.8 Å². The van der Waals surface area contributed by atoms with Crippen molar-refractivity contribution < 1.29 is 9.53 Å². The number of methoxy groups -OCH3 is 1. The number of hydrogen-bond acceptors (Lipinski definition) is 4. The number of nitrogens with one attached hydrogen (secondary N) is 1. The van der Waals surface area contributed by atoms with Gasteiger partial charge in [-0.25, -0.2) is 4.68 Å². The Morgan fingerprint density at radius 2 is 1.90 bits per heavy atom. The van der Waals surface area contributed by atoms with Crippen LogP contribution in [-0.4, -0.2) is 22.8 Å². The highest BCUT2D eigenvalue weighted by atomic mass is 16.5. The van der Waals surface area contributed by atoms with Crippen LogP contribution in [0.25, 0.3) is 0 Å². The van der Waals surface area contributed by atoms with Gasteiger partial charge in [0.25, 0.3) is 11.5 Å². The van der Waals surface area contributed by atoms with Crippen molar-refractivity contribution in [2.24, 2.45) is 0 Å². The summed E-state index contributed by atoms with van der Waals surface area (Å²) in [6.45, 7) is 2.54. The van der Waals surface area contributed by atoms with Crippen LogP contribution in [0.4, 0.5) is 5.69 Å². The van der Waals surface area contributed by atoms with Crippen LogP contribution in [0, 0.1) is 0 Å². The lowest BCUT2D eigenvalue weighted by Crippen LogP contribution is -2.26. The minimum atomic E-state index is -0.355. The van der Waals surface area contributed by atoms with E-state index < -0.39 is 0 Å². The van der Waals surface area contributed by atoms with Crippen molar-refractivity contribution in [2.75, 3.05) is 12.4 Å². The Kier molecular flexibility index (Phi) is 6.79. The molecule has 150 valence electrons. The molecular formula is C23H25N3O3. The van der Waals surface area contributed by atoms with Crippen LogP contribution in [0.3, 0.4) is 0 Å². The Labute approximate surface area is 170 Å². The van der Waals surface area contributed by atoms with Gasteiger partial charge in [0, 0.05) is 30.3 Å². The predicted molar refractivity (Wildman–Crippen MR) is 114 cm³/mol. The smallest absolute Gasteiger partial charge is 0.276 e. The number of benzene rings is 2. The quantitative estimate of drug-likeness (QED) is 0.632. The lowest BCUT2D eigenvalue weighted by molar-refractivity contribution is 0.101. The topological polar surface area (TPSA) is 73.2 Å². The molecule has 0 spiro atoms. The molecule has 1 aromatic heterocycles. The van der Waals surface area contributed by atoms with Gasteiger partial charge >= 0.3 is 0 Å². The number of ether oxygens (including phenoxy) is 1. The summed E-state index contributed by atoms with van der Waals surface area (Å²) in [5.74, 6) is 0.407. The number of carbonyl (C=O) groups excluding carboxylic acids is 1. The highest BCUT2D eigenvalue weighted by molar-refractivity contribution is 6.02. The van der Waals surface area contributed by atoms with E-state index in [1.54, 1.807) is 13.2 Å². The molecule has 2 aromatic carbocycles. The van der Waals surface area contributed by atoms with Crippen LogP contribution in [0.5, 0.6) is 5.75 Å². The Morgan fingerprint density at radius 1 is 1.10 bits per heavy atom. The van der Waals surface area contributed by atoms with Gasteiger partial charge < -0.3 is 10.1 Å². The van der Waals surface area contributed by atoms with E-state index in [-0.39, 0.29) is 17.2 Å². The summed E-state index contributed by atoms with van der Waals surface area (Å²) in [5.41, 5.74) is 2.77. The van der Waals surface area contributed by atoms with Crippen LogP contribution < -0.4 is 15.6 Å². The molecule has 3 aromatic rings. The van der Waals surface area contributed by atoms with E-state index in [4.69, 9.17) is 4.74 Å². The van der Waals surface area contributed by atoms with Gasteiger partial charge in [-0.15, -0.1) is 0 Å². The summed E-state index contributed by atoms with van der Waals surface area (Å²) in [7, 11) is 1.63. The summed E-state index contributed by atoms with van der Waals surface area (Å²) in [6.07, 6.45) is 2.47. The van der Waals surface area contributed by atoms with Gasteiger partial charge in [-0.1, -0.05) is 43.7 Å². The molecule has 1 amide bonds. The molecule has 0 unspecified atom stereocenters. The van der Waals surface area contributed by atoms with E-state index in [0.717, 1.165) is 29.7 Å². The highest BCUT2D eigenvalue weighted by Crippen LogP contribution is 2.25. The number of rotatable bonds is 8. The second-order valence-electron chi connectivity index (χ2n) is 6.78. The lowest BCUT2D eigenvalue weighted by atomic mass is 10.0. The Hall–Kier alpha value is -3.41. The maximum absolute atomic E-state index is 12.7. The van der Waals surface area contributed by atoms with Crippen molar-refractivity contribution >= 4 is 11.6 Å². The van der Waals surface area contributed by atoms with E-state index >= 15 is 0 Å². The Bertz CT molecular complexity index is 1030. The average molecular weight is 391 g/mol. The van der Waals surface area contributed by atoms with Gasteiger partial charge in [-0.05, 0) is 36.2 Å². The minimum Gasteiger partial charge on any atom is -0.496 e. The zero-order valence-electron chi connectivity index (χ0n) is 16.7. The zero-order valence-corrected chi connectivity index (χ0v) is 16.7. The third-order valence-electron chi connectivity index (χ3n) is 4.60. The second-order valence-corrected chi connectivity index (χ2v) is 6.78. The number of unbranched alkanes of at least 4 members (excludes halogenated alkanes) is 1. The first-order chi connectivity index (χ1) is 14.1. The molecule has 0 saturated carbocycles. The number of hydrogen-bond donors (Lipinski definition) is 1. The van der Waals surface area contributed by atoms with Crippen molar-refractivity contribution in [1.82, 2.24) is 9.78 Å². The molecule has 1 N–H and O–H groups in total. The minimum absolute atomic E-state index is 0.204. The first kappa shape index (κ1) is 20.3. The molecule has 6 heteroatoms. The molecule has 3 rings (SSSR count). The van der Waals surface area contributed by atoms with Crippen molar-refractivity contribution in [3.63, 3.8) is 0 Å². The normalized spacial score (nSPS) is 10.6. The fourth-order valence-corrected chi connectivity index (χ4v) is 3.04. The highest BCUT2D eigenvalue weighted by Gasteiger charge is 2.12. The van der Waals surface area contributed by atoms with Gasteiger partial charge in [0.2, 0.25) is 0 Å². The van der Waals surface area contributed by atoms with Crippen molar-refractivity contribution in [1.29, 1.82) is 0 Å². The standard InChI is InChI=1S/C23H25N3O3/c1-3-4-14-26-22(27)13-11-20(25-26)23(28)24-19-10-12-21(29-2)18(16-19)15-17-8-6-5-7-9-17/h5-13,16H,3-4,14-15H2,1-2H3,(H,24,28). The van der Waals surface area contributed by atoms with Crippen LogP contribution in [0.15, 0.2) is 65.5 Å². The molecule has 0 atom stereocenters. The number of anilines is 1. The number of aromatic nitrogens is 2. The first-order valence-electron chi connectivity index (χ1n) is 9.71. The third-order valence-corrected chi connectivity index (χ3v) is 4.60. The van der Waals surface area contributed by atoms with Gasteiger partial charge in [0.05, 0.1) is 7.11 Å². The average Bonchev–Trinajstić information content (AvgIpc) is 2.74. The molecule has 0 saturated heterocycles. The fourth-order valence-electron chi connectivity index (χ4n) is 3.04. The summed E-state index contributed by atoms with van der Waals surface area (Å²) in [5, 5.41) is 7.06. The summed E-state index contributed by atoms with van der Waals surface area (Å²) < 4.78 is 6.81. The summed E-state index contributed by atoms with van der Waals surface area (Å²) >= 11 is 0. The van der Waals surface area contributed by atoms with E-state index in [0.29, 0.717) is 18.7 Å². The number of aryl methyl sites for hydroxylation is 1. The Morgan fingerprint density at radius 3 is 2.62 bits per heavy atom. The van der Waals surface area contributed by atoms with Crippen LogP contribution >= 0.6 is 0 Å². The molecule has 0 aliphatic heterocycles. The van der Waals surface area contributed by atoms with Crippen molar-refractivity contribution in [3.05, 3.63) is 87.8 Å². The van der Waals surface area contributed by atoms with Crippen LogP contribution in [-0.2, 0) is 13.0 Å². The van der Waals surface area contributed by atoms with Crippen LogP contribution in [0.2, 0.25) is 0 Å². The SMILES string of the molecule is CCCCn1nc(C(=O)Nc2ccc(OC)c(Cc3ccccc3)c2)ccc1=O. The van der Waals surface area contributed by atoms with Crippen molar-refractivity contribution in [3.8, 4) is 5.75 Å². The molecule has 29 heavy (non-hydrogen) atoms. The molecular weight excluding hydrogens is 366 g/mol. The van der Waals surface area contributed by atoms with E-state index in [2.05, 4.69) is 10.4 Å².